The lowest BCUT2D eigenvalue weighted by Crippen LogP contribution is -2.45. The molecular weight excluding hydrogens is 354 g/mol. The number of sulfonamides is 1. The van der Waals surface area contributed by atoms with Gasteiger partial charge in [0.1, 0.15) is 0 Å². The molecule has 0 amide bonds. The van der Waals surface area contributed by atoms with Gasteiger partial charge in [-0.05, 0) is 55.9 Å². The van der Waals surface area contributed by atoms with Crippen LogP contribution in [0.3, 0.4) is 0 Å². The summed E-state index contributed by atoms with van der Waals surface area (Å²) in [4.78, 5) is 0.293. The van der Waals surface area contributed by atoms with E-state index in [9.17, 15) is 13.5 Å². The lowest BCUT2D eigenvalue weighted by atomic mass is 9.97. The summed E-state index contributed by atoms with van der Waals surface area (Å²) in [6, 6.07) is 3.36. The van der Waals surface area contributed by atoms with Gasteiger partial charge >= 0.3 is 0 Å². The molecule has 6 heteroatoms. The minimum absolute atomic E-state index is 0.0159. The van der Waals surface area contributed by atoms with Crippen LogP contribution in [-0.4, -0.2) is 30.4 Å². The van der Waals surface area contributed by atoms with E-state index in [0.29, 0.717) is 33.0 Å². The number of aliphatic hydroxyl groups is 1. The maximum atomic E-state index is 13.0. The van der Waals surface area contributed by atoms with Gasteiger partial charge in [0, 0.05) is 17.1 Å². The van der Waals surface area contributed by atoms with Crippen LogP contribution in [0.25, 0.3) is 0 Å². The molecule has 0 spiro atoms. The fourth-order valence-corrected chi connectivity index (χ4v) is 5.49. The smallest absolute Gasteiger partial charge is 0.243 e. The zero-order chi connectivity index (χ0) is 15.8. The molecule has 0 saturated carbocycles. The van der Waals surface area contributed by atoms with Crippen LogP contribution in [0.4, 0.5) is 0 Å². The summed E-state index contributed by atoms with van der Waals surface area (Å²) < 4.78 is 28.3. The van der Waals surface area contributed by atoms with Crippen molar-refractivity contribution in [1.82, 2.24) is 4.31 Å². The summed E-state index contributed by atoms with van der Waals surface area (Å²) in [6.07, 6.45) is 1.95. The standard InChI is InChI=1S/C15H22BrNO3S/c1-10-4-5-11(2)17(8-10)21(19,20)15-7-13(9-18)6-14(16)12(15)3/h6-7,10-11,18H,4-5,8-9H2,1-3H3. The van der Waals surface area contributed by atoms with E-state index in [1.165, 1.54) is 0 Å². The van der Waals surface area contributed by atoms with Crippen molar-refractivity contribution >= 4 is 26.0 Å². The molecule has 2 rings (SSSR count). The molecule has 1 aromatic rings. The molecule has 21 heavy (non-hydrogen) atoms. The third-order valence-corrected chi connectivity index (χ3v) is 7.12. The molecular formula is C15H22BrNO3S. The molecule has 1 heterocycles. The van der Waals surface area contributed by atoms with E-state index in [4.69, 9.17) is 0 Å². The fourth-order valence-electron chi connectivity index (χ4n) is 2.78. The quantitative estimate of drug-likeness (QED) is 0.882. The first-order chi connectivity index (χ1) is 9.77. The molecule has 2 atom stereocenters. The van der Waals surface area contributed by atoms with Crippen LogP contribution in [0.2, 0.25) is 0 Å². The number of hydrogen-bond acceptors (Lipinski definition) is 3. The molecule has 2 unspecified atom stereocenters. The van der Waals surface area contributed by atoms with Crippen molar-refractivity contribution in [3.8, 4) is 0 Å². The summed E-state index contributed by atoms with van der Waals surface area (Å²) in [5.41, 5.74) is 1.29. The van der Waals surface area contributed by atoms with Crippen LogP contribution < -0.4 is 0 Å². The van der Waals surface area contributed by atoms with Crippen molar-refractivity contribution in [1.29, 1.82) is 0 Å². The predicted molar refractivity (Wildman–Crippen MR) is 86.6 cm³/mol. The van der Waals surface area contributed by atoms with Gasteiger partial charge in [-0.1, -0.05) is 22.9 Å². The first kappa shape index (κ1) is 16.9. The zero-order valence-electron chi connectivity index (χ0n) is 12.6. The van der Waals surface area contributed by atoms with Crippen LogP contribution in [0.1, 0.15) is 37.8 Å². The van der Waals surface area contributed by atoms with E-state index in [0.717, 1.165) is 12.8 Å². The molecule has 1 aromatic carbocycles. The summed E-state index contributed by atoms with van der Waals surface area (Å²) in [6.45, 7) is 6.22. The lowest BCUT2D eigenvalue weighted by Gasteiger charge is -2.36. The molecule has 0 bridgehead atoms. The first-order valence-electron chi connectivity index (χ1n) is 7.19. The van der Waals surface area contributed by atoms with E-state index in [1.54, 1.807) is 23.4 Å². The zero-order valence-corrected chi connectivity index (χ0v) is 15.0. The van der Waals surface area contributed by atoms with E-state index in [-0.39, 0.29) is 12.6 Å². The van der Waals surface area contributed by atoms with Crippen molar-refractivity contribution in [2.45, 2.75) is 51.2 Å². The van der Waals surface area contributed by atoms with Gasteiger partial charge in [-0.2, -0.15) is 4.31 Å². The van der Waals surface area contributed by atoms with E-state index in [2.05, 4.69) is 22.9 Å². The topological polar surface area (TPSA) is 57.6 Å². The highest BCUT2D eigenvalue weighted by Crippen LogP contribution is 2.32. The van der Waals surface area contributed by atoms with E-state index in [1.807, 2.05) is 6.92 Å². The van der Waals surface area contributed by atoms with Gasteiger partial charge in [-0.25, -0.2) is 8.42 Å². The van der Waals surface area contributed by atoms with Crippen molar-refractivity contribution in [2.75, 3.05) is 6.54 Å². The van der Waals surface area contributed by atoms with Gasteiger partial charge in [0.15, 0.2) is 0 Å². The Morgan fingerprint density at radius 2 is 2.00 bits per heavy atom. The summed E-state index contributed by atoms with van der Waals surface area (Å²) in [7, 11) is -3.54. The van der Waals surface area contributed by atoms with Crippen molar-refractivity contribution in [2.24, 2.45) is 5.92 Å². The number of nitrogens with zero attached hydrogens (tertiary/aromatic N) is 1. The Hall–Kier alpha value is -0.430. The highest BCUT2D eigenvalue weighted by Gasteiger charge is 2.34. The fraction of sp³-hybridized carbons (Fsp3) is 0.600. The Balaban J connectivity index is 2.51. The predicted octanol–water partition coefficient (Wildman–Crippen LogP) is 3.06. The van der Waals surface area contributed by atoms with Gasteiger partial charge in [0.25, 0.3) is 0 Å². The van der Waals surface area contributed by atoms with Crippen molar-refractivity contribution < 1.29 is 13.5 Å². The highest BCUT2D eigenvalue weighted by atomic mass is 79.9. The third-order valence-electron chi connectivity index (χ3n) is 4.19. The Morgan fingerprint density at radius 1 is 1.33 bits per heavy atom. The first-order valence-corrected chi connectivity index (χ1v) is 9.42. The minimum atomic E-state index is -3.54. The van der Waals surface area contributed by atoms with Crippen molar-refractivity contribution in [3.63, 3.8) is 0 Å². The van der Waals surface area contributed by atoms with Gasteiger partial charge in [-0.15, -0.1) is 0 Å². The molecule has 1 N–H and O–H groups in total. The second-order valence-electron chi connectivity index (χ2n) is 5.97. The van der Waals surface area contributed by atoms with Gasteiger partial charge < -0.3 is 5.11 Å². The Bertz CT molecular complexity index is 630. The van der Waals surface area contributed by atoms with E-state index >= 15 is 0 Å². The molecule has 0 radical (unpaired) electrons. The lowest BCUT2D eigenvalue weighted by molar-refractivity contribution is 0.218. The number of piperidine rings is 1. The number of rotatable bonds is 3. The third kappa shape index (κ3) is 3.33. The van der Waals surface area contributed by atoms with Crippen LogP contribution in [0, 0.1) is 12.8 Å². The average molecular weight is 376 g/mol. The number of halogens is 1. The molecule has 1 fully saturated rings. The average Bonchev–Trinajstić information content (AvgIpc) is 2.43. The van der Waals surface area contributed by atoms with Gasteiger partial charge in [-0.3, -0.25) is 0 Å². The molecule has 0 aromatic heterocycles. The summed E-state index contributed by atoms with van der Waals surface area (Å²) in [5.74, 6) is 0.376. The van der Waals surface area contributed by atoms with Crippen LogP contribution in [0.15, 0.2) is 21.5 Å². The molecule has 118 valence electrons. The second-order valence-corrected chi connectivity index (χ2v) is 8.68. The summed E-state index contributed by atoms with van der Waals surface area (Å²) >= 11 is 3.39. The number of benzene rings is 1. The second kappa shape index (κ2) is 6.36. The van der Waals surface area contributed by atoms with Crippen LogP contribution in [-0.2, 0) is 16.6 Å². The number of hydrogen-bond donors (Lipinski definition) is 1. The Kier molecular flexibility index (Phi) is 5.13. The van der Waals surface area contributed by atoms with Gasteiger partial charge in [0.05, 0.1) is 11.5 Å². The van der Waals surface area contributed by atoms with Crippen LogP contribution in [0.5, 0.6) is 0 Å². The molecule has 0 aliphatic carbocycles. The maximum Gasteiger partial charge on any atom is 0.243 e. The molecule has 1 saturated heterocycles. The summed E-state index contributed by atoms with van der Waals surface area (Å²) in [5, 5.41) is 9.32. The highest BCUT2D eigenvalue weighted by molar-refractivity contribution is 9.10. The molecule has 1 aliphatic rings. The Labute approximate surface area is 135 Å². The largest absolute Gasteiger partial charge is 0.392 e. The monoisotopic (exact) mass is 375 g/mol. The molecule has 1 aliphatic heterocycles. The van der Waals surface area contributed by atoms with Crippen molar-refractivity contribution in [3.05, 3.63) is 27.7 Å². The Morgan fingerprint density at radius 3 is 2.62 bits per heavy atom. The van der Waals surface area contributed by atoms with Crippen LogP contribution >= 0.6 is 15.9 Å². The SMILES string of the molecule is Cc1c(Br)cc(CO)cc1S(=O)(=O)N1CC(C)CCC1C. The van der Waals surface area contributed by atoms with E-state index < -0.39 is 10.0 Å². The normalized spacial score (nSPS) is 24.2. The molecule has 4 nitrogen and oxygen atoms in total. The maximum absolute atomic E-state index is 13.0. The minimum Gasteiger partial charge on any atom is -0.392 e. The number of aliphatic hydroxyl groups excluding tert-OH is 1. The van der Waals surface area contributed by atoms with Gasteiger partial charge in [0.2, 0.25) is 10.0 Å².